The fraction of sp³-hybridized carbons (Fsp3) is 0.333. The minimum absolute atomic E-state index is 0.0460. The van der Waals surface area contributed by atoms with Gasteiger partial charge in [0.2, 0.25) is 0 Å². The first kappa shape index (κ1) is 25.7. The molecule has 2 amide bonds. The maximum absolute atomic E-state index is 11.9. The molecule has 0 aliphatic heterocycles. The summed E-state index contributed by atoms with van der Waals surface area (Å²) in [6.45, 7) is -1.60. The lowest BCUT2D eigenvalue weighted by Gasteiger charge is -2.09. The number of carbonyl (C=O) groups excluding carboxylic acids is 2. The van der Waals surface area contributed by atoms with Gasteiger partial charge in [0.1, 0.15) is 16.8 Å². The molecule has 0 radical (unpaired) electrons. The number of nitrogens with zero attached hydrogens (tertiary/aromatic N) is 1. The third-order valence-electron chi connectivity index (χ3n) is 2.52. The zero-order valence-corrected chi connectivity index (χ0v) is 14.6. The van der Waals surface area contributed by atoms with E-state index in [0.29, 0.717) is 0 Å². The van der Waals surface area contributed by atoms with Gasteiger partial charge in [-0.1, -0.05) is 29.3 Å². The van der Waals surface area contributed by atoms with Crippen LogP contribution in [0.5, 0.6) is 0 Å². The van der Waals surface area contributed by atoms with Gasteiger partial charge in [0.25, 0.3) is 0 Å². The number of nitro benzene ring substituents is 1. The van der Waals surface area contributed by atoms with E-state index in [-0.39, 0.29) is 10.6 Å². The van der Waals surface area contributed by atoms with Crippen LogP contribution in [-0.2, 0) is 16.1 Å². The van der Waals surface area contributed by atoms with Crippen LogP contribution in [0.1, 0.15) is 5.56 Å². The fourth-order valence-electron chi connectivity index (χ4n) is 1.33. The van der Waals surface area contributed by atoms with Crippen molar-refractivity contribution in [3.8, 4) is 0 Å². The van der Waals surface area contributed by atoms with Crippen molar-refractivity contribution in [3.05, 3.63) is 37.9 Å². The molecule has 0 aliphatic carbocycles. The average Bonchev–Trinajstić information content (AvgIpc) is 2.52. The van der Waals surface area contributed by atoms with Crippen molar-refractivity contribution in [2.45, 2.75) is 18.9 Å². The maximum atomic E-state index is 11.9. The molecule has 16 heteroatoms. The quantitative estimate of drug-likeness (QED) is 0.276. The van der Waals surface area contributed by atoms with E-state index in [1.165, 1.54) is 11.4 Å². The highest BCUT2D eigenvalue weighted by molar-refractivity contribution is 6.38. The van der Waals surface area contributed by atoms with Crippen molar-refractivity contribution in [3.63, 3.8) is 0 Å². The molecule has 0 spiro atoms. The number of nitrogens with one attached hydrogen (secondary N) is 2. The molecule has 0 aliphatic rings. The lowest BCUT2D eigenvalue weighted by atomic mass is 10.2. The Hall–Kier alpha value is -2.32. The summed E-state index contributed by atoms with van der Waals surface area (Å²) in [4.78, 5) is 30.1. The summed E-state index contributed by atoms with van der Waals surface area (Å²) in [6, 6.07) is 2.30. The van der Waals surface area contributed by atoms with E-state index in [1.807, 2.05) is 0 Å². The van der Waals surface area contributed by atoms with Gasteiger partial charge >= 0.3 is 29.9 Å². The number of carbonyl (C=O) groups is 2. The smallest absolute Gasteiger partial charge is 0.376 e. The number of amides is 2. The van der Waals surface area contributed by atoms with Crippen molar-refractivity contribution in [2.75, 3.05) is 6.73 Å². The Kier molecular flexibility index (Phi) is 9.43. The molecule has 3 N–H and O–H groups in total. The highest BCUT2D eigenvalue weighted by Crippen LogP contribution is 2.35. The van der Waals surface area contributed by atoms with E-state index in [0.717, 1.165) is 6.07 Å². The Morgan fingerprint density at radius 3 is 1.86 bits per heavy atom. The van der Waals surface area contributed by atoms with Gasteiger partial charge in [0.05, 0.1) is 4.92 Å². The zero-order chi connectivity index (χ0) is 22.3. The molecule has 0 bridgehead atoms. The summed E-state index contributed by atoms with van der Waals surface area (Å²) in [6.07, 6.45) is -9.94. The SMILES string of the molecule is O=C(NCO)C(F)(F)F.O=C(NCc1ccc(Cl)c([N+](=O)[O-])c1Cl)C(F)(F)F. The standard InChI is InChI=1S/C9H5Cl2F3N2O3.C3H4F3NO2/c10-5-2-1-4(6(11)7(5)16(18)19)3-15-8(17)9(12,13)14;4-3(5,6)2(9)7-1-8/h1-2H,3H2,(H,15,17);8H,1H2,(H,7,9). The Morgan fingerprint density at radius 2 is 1.50 bits per heavy atom. The first-order chi connectivity index (χ1) is 12.6. The van der Waals surface area contributed by atoms with Gasteiger partial charge in [-0.2, -0.15) is 26.3 Å². The largest absolute Gasteiger partial charge is 0.471 e. The molecule has 8 nitrogen and oxygen atoms in total. The molecule has 0 fully saturated rings. The van der Waals surface area contributed by atoms with Crippen molar-refractivity contribution < 1.29 is 46.0 Å². The Morgan fingerprint density at radius 1 is 1.04 bits per heavy atom. The normalized spacial score (nSPS) is 11.2. The number of nitro groups is 1. The highest BCUT2D eigenvalue weighted by atomic mass is 35.5. The molecule has 0 unspecified atom stereocenters. The second-order valence-corrected chi connectivity index (χ2v) is 5.25. The number of halogens is 8. The molecule has 1 aromatic rings. The average molecular weight is 460 g/mol. The van der Waals surface area contributed by atoms with E-state index in [1.54, 1.807) is 5.32 Å². The van der Waals surface area contributed by atoms with Gasteiger partial charge in [-0.25, -0.2) is 0 Å². The number of benzene rings is 1. The third kappa shape index (κ3) is 8.14. The van der Waals surface area contributed by atoms with Gasteiger partial charge in [-0.05, 0) is 11.6 Å². The molecule has 0 atom stereocenters. The van der Waals surface area contributed by atoms with Crippen molar-refractivity contribution in [1.82, 2.24) is 10.6 Å². The topological polar surface area (TPSA) is 122 Å². The van der Waals surface area contributed by atoms with Crippen LogP contribution in [0.15, 0.2) is 12.1 Å². The van der Waals surface area contributed by atoms with E-state index >= 15 is 0 Å². The van der Waals surface area contributed by atoms with Crippen LogP contribution in [0.25, 0.3) is 0 Å². The fourth-order valence-corrected chi connectivity index (χ4v) is 1.91. The summed E-state index contributed by atoms with van der Waals surface area (Å²) in [7, 11) is 0. The summed E-state index contributed by atoms with van der Waals surface area (Å²) < 4.78 is 69.2. The zero-order valence-electron chi connectivity index (χ0n) is 13.1. The van der Waals surface area contributed by atoms with E-state index < -0.39 is 53.1 Å². The summed E-state index contributed by atoms with van der Waals surface area (Å²) in [5.41, 5.74) is -0.669. The molecule has 1 rings (SSSR count). The Balaban J connectivity index is 0.000000684. The van der Waals surface area contributed by atoms with Crippen LogP contribution in [0.3, 0.4) is 0 Å². The summed E-state index contributed by atoms with van der Waals surface area (Å²) in [5, 5.41) is 20.5. The van der Waals surface area contributed by atoms with E-state index in [4.69, 9.17) is 28.3 Å². The first-order valence-electron chi connectivity index (χ1n) is 6.55. The maximum Gasteiger partial charge on any atom is 0.471 e. The molecule has 0 heterocycles. The Labute approximate surface area is 161 Å². The van der Waals surface area contributed by atoms with Crippen LogP contribution >= 0.6 is 23.2 Å². The van der Waals surface area contributed by atoms with Crippen LogP contribution in [-0.4, -0.2) is 40.9 Å². The monoisotopic (exact) mass is 459 g/mol. The lowest BCUT2D eigenvalue weighted by Crippen LogP contribution is -2.37. The summed E-state index contributed by atoms with van der Waals surface area (Å²) >= 11 is 11.2. The van der Waals surface area contributed by atoms with Gasteiger partial charge in [-0.3, -0.25) is 19.7 Å². The molecule has 0 saturated heterocycles. The Bertz CT molecular complexity index is 742. The number of alkyl halides is 6. The second kappa shape index (κ2) is 10.3. The minimum atomic E-state index is -5.04. The second-order valence-electron chi connectivity index (χ2n) is 4.47. The molecular weight excluding hydrogens is 451 g/mol. The molecule has 0 saturated carbocycles. The highest BCUT2D eigenvalue weighted by Gasteiger charge is 2.39. The third-order valence-corrected chi connectivity index (χ3v) is 3.25. The van der Waals surface area contributed by atoms with Crippen molar-refractivity contribution >= 4 is 40.7 Å². The minimum Gasteiger partial charge on any atom is -0.376 e. The van der Waals surface area contributed by atoms with Gasteiger partial charge in [0.15, 0.2) is 0 Å². The van der Waals surface area contributed by atoms with Gasteiger partial charge < -0.3 is 15.7 Å². The molecule has 1 aromatic carbocycles. The molecule has 0 aromatic heterocycles. The van der Waals surface area contributed by atoms with Crippen LogP contribution in [0.4, 0.5) is 32.0 Å². The first-order valence-corrected chi connectivity index (χ1v) is 7.30. The molecule has 28 heavy (non-hydrogen) atoms. The predicted octanol–water partition coefficient (Wildman–Crippen LogP) is 2.69. The number of hydrogen-bond acceptors (Lipinski definition) is 5. The number of hydrogen-bond donors (Lipinski definition) is 3. The predicted molar refractivity (Wildman–Crippen MR) is 82.3 cm³/mol. The van der Waals surface area contributed by atoms with Gasteiger partial charge in [-0.15, -0.1) is 0 Å². The molecule has 158 valence electrons. The number of aliphatic hydroxyl groups is 1. The lowest BCUT2D eigenvalue weighted by molar-refractivity contribution is -0.384. The van der Waals surface area contributed by atoms with Crippen LogP contribution in [0.2, 0.25) is 10.0 Å². The number of rotatable bonds is 4. The number of aliphatic hydroxyl groups excluding tert-OH is 1. The van der Waals surface area contributed by atoms with Crippen LogP contribution < -0.4 is 10.6 Å². The van der Waals surface area contributed by atoms with E-state index in [2.05, 4.69) is 0 Å². The van der Waals surface area contributed by atoms with Crippen LogP contribution in [0, 0.1) is 10.1 Å². The van der Waals surface area contributed by atoms with Gasteiger partial charge in [0, 0.05) is 6.54 Å². The summed E-state index contributed by atoms with van der Waals surface area (Å²) in [5.74, 6) is -4.30. The molecular formula is C12H9Cl2F6N3O5. The van der Waals surface area contributed by atoms with E-state index in [9.17, 15) is 46.0 Å². The van der Waals surface area contributed by atoms with Crippen molar-refractivity contribution in [2.24, 2.45) is 0 Å². The van der Waals surface area contributed by atoms with Crippen molar-refractivity contribution in [1.29, 1.82) is 0 Å².